The van der Waals surface area contributed by atoms with Crippen LogP contribution in [-0.4, -0.2) is 32.1 Å². The first-order valence-corrected chi connectivity index (χ1v) is 7.97. The summed E-state index contributed by atoms with van der Waals surface area (Å²) in [5.74, 6) is 0.554. The average Bonchev–Trinajstić information content (AvgIpc) is 2.56. The molecule has 0 amide bonds. The van der Waals surface area contributed by atoms with Crippen LogP contribution in [0.3, 0.4) is 0 Å². The molecule has 1 aromatic rings. The molecule has 0 aliphatic rings. The number of unbranched alkanes of at least 4 members (excludes halogenated alkanes) is 2. The first-order chi connectivity index (χ1) is 11.1. The monoisotopic (exact) mass is 322 g/mol. The SMILES string of the molecule is COc1ccc(COCCCCCOC(=O)CCC(C)=O)cc1. The van der Waals surface area contributed by atoms with Gasteiger partial charge in [-0.3, -0.25) is 4.79 Å². The molecule has 0 atom stereocenters. The van der Waals surface area contributed by atoms with Crippen LogP contribution in [0.25, 0.3) is 0 Å². The van der Waals surface area contributed by atoms with Gasteiger partial charge >= 0.3 is 5.97 Å². The fourth-order valence-electron chi connectivity index (χ4n) is 1.93. The van der Waals surface area contributed by atoms with Crippen molar-refractivity contribution in [1.82, 2.24) is 0 Å². The molecular weight excluding hydrogens is 296 g/mol. The van der Waals surface area contributed by atoms with Gasteiger partial charge in [-0.2, -0.15) is 0 Å². The second-order valence-electron chi connectivity index (χ2n) is 5.38. The van der Waals surface area contributed by atoms with E-state index in [-0.39, 0.29) is 24.6 Å². The average molecular weight is 322 g/mol. The summed E-state index contributed by atoms with van der Waals surface area (Å²) in [5, 5.41) is 0. The van der Waals surface area contributed by atoms with Crippen molar-refractivity contribution in [2.45, 2.75) is 45.6 Å². The van der Waals surface area contributed by atoms with E-state index >= 15 is 0 Å². The van der Waals surface area contributed by atoms with E-state index in [2.05, 4.69) is 0 Å². The Morgan fingerprint density at radius 2 is 1.65 bits per heavy atom. The Morgan fingerprint density at radius 3 is 2.30 bits per heavy atom. The van der Waals surface area contributed by atoms with Crippen LogP contribution in [0.4, 0.5) is 0 Å². The van der Waals surface area contributed by atoms with Gasteiger partial charge in [-0.05, 0) is 43.9 Å². The number of carbonyl (C=O) groups is 2. The molecule has 0 fully saturated rings. The molecule has 0 aliphatic carbocycles. The molecule has 0 aliphatic heterocycles. The summed E-state index contributed by atoms with van der Waals surface area (Å²) in [4.78, 5) is 22.0. The van der Waals surface area contributed by atoms with Crippen LogP contribution in [0, 0.1) is 0 Å². The summed E-state index contributed by atoms with van der Waals surface area (Å²) in [5.41, 5.74) is 1.12. The number of hydrogen-bond acceptors (Lipinski definition) is 5. The first kappa shape index (κ1) is 19.2. The van der Waals surface area contributed by atoms with Crippen molar-refractivity contribution >= 4 is 11.8 Å². The van der Waals surface area contributed by atoms with Crippen LogP contribution in [0.15, 0.2) is 24.3 Å². The number of carbonyl (C=O) groups excluding carboxylic acids is 2. The van der Waals surface area contributed by atoms with Crippen molar-refractivity contribution in [3.05, 3.63) is 29.8 Å². The lowest BCUT2D eigenvalue weighted by Crippen LogP contribution is -2.07. The molecule has 5 heteroatoms. The summed E-state index contributed by atoms with van der Waals surface area (Å²) in [6.45, 7) is 3.16. The second kappa shape index (κ2) is 11.7. The van der Waals surface area contributed by atoms with E-state index in [4.69, 9.17) is 14.2 Å². The van der Waals surface area contributed by atoms with Gasteiger partial charge < -0.3 is 19.0 Å². The normalized spacial score (nSPS) is 10.3. The summed E-state index contributed by atoms with van der Waals surface area (Å²) >= 11 is 0. The van der Waals surface area contributed by atoms with Gasteiger partial charge in [0.25, 0.3) is 0 Å². The molecule has 0 bridgehead atoms. The molecule has 0 radical (unpaired) electrons. The van der Waals surface area contributed by atoms with Crippen LogP contribution in [0.2, 0.25) is 0 Å². The third-order valence-electron chi connectivity index (χ3n) is 3.31. The number of ether oxygens (including phenoxy) is 3. The van der Waals surface area contributed by atoms with Gasteiger partial charge in [0.1, 0.15) is 11.5 Å². The number of methoxy groups -OCH3 is 1. The van der Waals surface area contributed by atoms with Crippen molar-refractivity contribution in [1.29, 1.82) is 0 Å². The molecule has 1 rings (SSSR count). The lowest BCUT2D eigenvalue weighted by Gasteiger charge is -2.06. The third-order valence-corrected chi connectivity index (χ3v) is 3.31. The van der Waals surface area contributed by atoms with E-state index in [1.165, 1.54) is 6.92 Å². The number of hydrogen-bond donors (Lipinski definition) is 0. The summed E-state index contributed by atoms with van der Waals surface area (Å²) in [7, 11) is 1.64. The number of benzene rings is 1. The molecule has 1 aromatic carbocycles. The Hall–Kier alpha value is -1.88. The Balaban J connectivity index is 1.95. The molecule has 0 aromatic heterocycles. The zero-order valence-corrected chi connectivity index (χ0v) is 14.0. The zero-order chi connectivity index (χ0) is 16.9. The van der Waals surface area contributed by atoms with Gasteiger partial charge in [-0.1, -0.05) is 12.1 Å². The number of Topliss-reactive ketones (excluding diaryl/α,β-unsaturated/α-hetero) is 1. The van der Waals surface area contributed by atoms with Crippen LogP contribution in [0.1, 0.15) is 44.6 Å². The highest BCUT2D eigenvalue weighted by molar-refractivity contribution is 5.80. The van der Waals surface area contributed by atoms with Crippen molar-refractivity contribution in [2.75, 3.05) is 20.3 Å². The van der Waals surface area contributed by atoms with Crippen molar-refractivity contribution in [2.24, 2.45) is 0 Å². The lowest BCUT2D eigenvalue weighted by atomic mass is 10.2. The maximum absolute atomic E-state index is 11.3. The van der Waals surface area contributed by atoms with Gasteiger partial charge in [0.15, 0.2) is 0 Å². The standard InChI is InChI=1S/C18H26O5/c1-15(19)6-11-18(20)23-13-5-3-4-12-22-14-16-7-9-17(21-2)10-8-16/h7-10H,3-6,11-14H2,1-2H3. The Labute approximate surface area is 137 Å². The molecule has 0 spiro atoms. The van der Waals surface area contributed by atoms with Gasteiger partial charge in [0.05, 0.1) is 26.7 Å². The van der Waals surface area contributed by atoms with E-state index in [1.807, 2.05) is 24.3 Å². The molecule has 128 valence electrons. The highest BCUT2D eigenvalue weighted by Crippen LogP contribution is 2.12. The minimum Gasteiger partial charge on any atom is -0.497 e. The topological polar surface area (TPSA) is 61.8 Å². The van der Waals surface area contributed by atoms with Crippen LogP contribution in [0.5, 0.6) is 5.75 Å². The summed E-state index contributed by atoms with van der Waals surface area (Å²) in [6.07, 6.45) is 3.14. The predicted molar refractivity (Wildman–Crippen MR) is 87.4 cm³/mol. The Morgan fingerprint density at radius 1 is 0.957 bits per heavy atom. The highest BCUT2D eigenvalue weighted by atomic mass is 16.5. The van der Waals surface area contributed by atoms with Crippen molar-refractivity contribution < 1.29 is 23.8 Å². The Kier molecular flexibility index (Phi) is 9.71. The summed E-state index contributed by atoms with van der Waals surface area (Å²) < 4.78 is 15.7. The molecule has 0 unspecified atom stereocenters. The fourth-order valence-corrected chi connectivity index (χ4v) is 1.93. The third kappa shape index (κ3) is 9.68. The van der Waals surface area contributed by atoms with E-state index in [1.54, 1.807) is 7.11 Å². The van der Waals surface area contributed by atoms with Crippen LogP contribution >= 0.6 is 0 Å². The van der Waals surface area contributed by atoms with Gasteiger partial charge in [0.2, 0.25) is 0 Å². The van der Waals surface area contributed by atoms with Crippen molar-refractivity contribution in [3.63, 3.8) is 0 Å². The van der Waals surface area contributed by atoms with E-state index in [0.29, 0.717) is 19.8 Å². The molecule has 0 saturated heterocycles. The zero-order valence-electron chi connectivity index (χ0n) is 14.0. The quantitative estimate of drug-likeness (QED) is 0.436. The van der Waals surface area contributed by atoms with Crippen LogP contribution in [-0.2, 0) is 25.7 Å². The number of esters is 1. The van der Waals surface area contributed by atoms with Gasteiger partial charge in [-0.25, -0.2) is 0 Å². The lowest BCUT2D eigenvalue weighted by molar-refractivity contribution is -0.144. The predicted octanol–water partition coefficient (Wildman–Crippen LogP) is 3.29. The number of ketones is 1. The van der Waals surface area contributed by atoms with Crippen LogP contribution < -0.4 is 4.74 Å². The Bertz CT molecular complexity index is 467. The smallest absolute Gasteiger partial charge is 0.306 e. The summed E-state index contributed by atoms with van der Waals surface area (Å²) in [6, 6.07) is 7.80. The number of rotatable bonds is 12. The highest BCUT2D eigenvalue weighted by Gasteiger charge is 2.04. The molecule has 0 heterocycles. The van der Waals surface area contributed by atoms with Gasteiger partial charge in [0, 0.05) is 13.0 Å². The largest absolute Gasteiger partial charge is 0.497 e. The second-order valence-corrected chi connectivity index (χ2v) is 5.38. The minimum atomic E-state index is -0.295. The maximum atomic E-state index is 11.3. The molecular formula is C18H26O5. The molecule has 23 heavy (non-hydrogen) atoms. The molecule has 0 N–H and O–H groups in total. The fraction of sp³-hybridized carbons (Fsp3) is 0.556. The minimum absolute atomic E-state index is 0.0101. The maximum Gasteiger partial charge on any atom is 0.306 e. The van der Waals surface area contributed by atoms with E-state index in [0.717, 1.165) is 30.6 Å². The first-order valence-electron chi connectivity index (χ1n) is 7.97. The molecule has 0 saturated carbocycles. The van der Waals surface area contributed by atoms with Gasteiger partial charge in [-0.15, -0.1) is 0 Å². The van der Waals surface area contributed by atoms with E-state index < -0.39 is 0 Å². The van der Waals surface area contributed by atoms with E-state index in [9.17, 15) is 9.59 Å². The molecule has 5 nitrogen and oxygen atoms in total. The van der Waals surface area contributed by atoms with Crippen molar-refractivity contribution in [3.8, 4) is 5.75 Å².